The van der Waals surface area contributed by atoms with Gasteiger partial charge in [-0.25, -0.2) is 0 Å². The zero-order valence-electron chi connectivity index (χ0n) is 14.8. The first-order valence-electron chi connectivity index (χ1n) is 8.83. The monoisotopic (exact) mass is 354 g/mol. The molecule has 136 valence electrons. The lowest BCUT2D eigenvalue weighted by Crippen LogP contribution is -2.46. The summed E-state index contributed by atoms with van der Waals surface area (Å²) in [5, 5.41) is 3.14. The molecule has 1 saturated carbocycles. The minimum Gasteiger partial charge on any atom is -0.491 e. The quantitative estimate of drug-likeness (QED) is 0.788. The number of amides is 1. The van der Waals surface area contributed by atoms with Gasteiger partial charge in [0.05, 0.1) is 12.5 Å². The van der Waals surface area contributed by atoms with Crippen molar-refractivity contribution in [2.45, 2.75) is 64.5 Å². The fraction of sp³-hybridized carbons (Fsp3) is 0.632. The van der Waals surface area contributed by atoms with E-state index in [4.69, 9.17) is 10.5 Å². The van der Waals surface area contributed by atoms with Crippen molar-refractivity contribution < 1.29 is 9.53 Å². The summed E-state index contributed by atoms with van der Waals surface area (Å²) in [5.74, 6) is 1.40. The Morgan fingerprint density at radius 1 is 1.29 bits per heavy atom. The molecule has 0 aliphatic heterocycles. The van der Waals surface area contributed by atoms with E-state index in [-0.39, 0.29) is 30.5 Å². The van der Waals surface area contributed by atoms with E-state index in [1.54, 1.807) is 0 Å². The maximum atomic E-state index is 12.4. The summed E-state index contributed by atoms with van der Waals surface area (Å²) < 4.78 is 5.68. The van der Waals surface area contributed by atoms with Gasteiger partial charge in [-0.2, -0.15) is 0 Å². The van der Waals surface area contributed by atoms with Crippen molar-refractivity contribution in [2.75, 3.05) is 6.54 Å². The van der Waals surface area contributed by atoms with Crippen molar-refractivity contribution >= 4 is 18.3 Å². The third-order valence-corrected chi connectivity index (χ3v) is 4.45. The van der Waals surface area contributed by atoms with Gasteiger partial charge >= 0.3 is 0 Å². The van der Waals surface area contributed by atoms with Gasteiger partial charge in [0.1, 0.15) is 5.75 Å². The van der Waals surface area contributed by atoms with Crippen LogP contribution in [0.4, 0.5) is 0 Å². The normalized spacial score (nSPS) is 16.3. The molecule has 0 saturated heterocycles. The highest BCUT2D eigenvalue weighted by Gasteiger charge is 2.23. The molecule has 1 aliphatic carbocycles. The number of carbonyl (C=O) groups excluding carboxylic acids is 1. The zero-order chi connectivity index (χ0) is 16.7. The van der Waals surface area contributed by atoms with E-state index >= 15 is 0 Å². The number of rotatable bonds is 7. The molecule has 0 radical (unpaired) electrons. The van der Waals surface area contributed by atoms with Crippen LogP contribution in [0, 0.1) is 5.92 Å². The van der Waals surface area contributed by atoms with E-state index in [9.17, 15) is 4.79 Å². The molecule has 1 aromatic rings. The van der Waals surface area contributed by atoms with Crippen molar-refractivity contribution in [1.82, 2.24) is 5.32 Å². The van der Waals surface area contributed by atoms with Crippen LogP contribution < -0.4 is 15.8 Å². The molecule has 2 rings (SSSR count). The number of nitrogens with one attached hydrogen (secondary N) is 1. The molecule has 1 unspecified atom stereocenters. The number of benzene rings is 1. The molecule has 0 aromatic heterocycles. The number of hydrogen-bond donors (Lipinski definition) is 2. The van der Waals surface area contributed by atoms with E-state index in [2.05, 4.69) is 5.32 Å². The molecular formula is C19H31ClN2O2. The number of hydrogen-bond acceptors (Lipinski definition) is 3. The van der Waals surface area contributed by atoms with Gasteiger partial charge in [-0.15, -0.1) is 12.4 Å². The summed E-state index contributed by atoms with van der Waals surface area (Å²) >= 11 is 0. The molecule has 1 aliphatic rings. The molecule has 24 heavy (non-hydrogen) atoms. The molecular weight excluding hydrogens is 324 g/mol. The second kappa shape index (κ2) is 10.6. The predicted octanol–water partition coefficient (Wildman–Crippen LogP) is 3.46. The first kappa shape index (κ1) is 20.8. The molecule has 3 N–H and O–H groups in total. The Hall–Kier alpha value is -1.26. The molecule has 5 heteroatoms. The molecule has 4 nitrogen and oxygen atoms in total. The summed E-state index contributed by atoms with van der Waals surface area (Å²) in [6.07, 6.45) is 6.69. The molecule has 1 fully saturated rings. The number of ether oxygens (including phenoxy) is 1. The topological polar surface area (TPSA) is 64.3 Å². The summed E-state index contributed by atoms with van der Waals surface area (Å²) in [4.78, 5) is 12.4. The van der Waals surface area contributed by atoms with E-state index in [1.807, 2.05) is 38.1 Å². The lowest BCUT2D eigenvalue weighted by Gasteiger charge is -2.30. The Kier molecular flexibility index (Phi) is 9.16. The molecule has 1 aromatic carbocycles. The van der Waals surface area contributed by atoms with Gasteiger partial charge in [0.25, 0.3) is 0 Å². The van der Waals surface area contributed by atoms with E-state index in [0.29, 0.717) is 18.9 Å². The minimum atomic E-state index is 0. The van der Waals surface area contributed by atoms with Gasteiger partial charge in [0, 0.05) is 12.6 Å². The Bertz CT molecular complexity index is 502. The SMILES string of the molecule is CC(C)Oc1cccc(CC(=O)NC(CN)C2CCCCC2)c1.Cl. The Balaban J connectivity index is 0.00000288. The van der Waals surface area contributed by atoms with Crippen molar-refractivity contribution in [2.24, 2.45) is 11.7 Å². The molecule has 1 atom stereocenters. The van der Waals surface area contributed by atoms with Crippen LogP contribution in [-0.4, -0.2) is 24.6 Å². The van der Waals surface area contributed by atoms with Crippen LogP contribution in [0.1, 0.15) is 51.5 Å². The van der Waals surface area contributed by atoms with Gasteiger partial charge < -0.3 is 15.8 Å². The highest BCUT2D eigenvalue weighted by molar-refractivity contribution is 5.85. The van der Waals surface area contributed by atoms with Crippen LogP contribution in [0.25, 0.3) is 0 Å². The highest BCUT2D eigenvalue weighted by Crippen LogP contribution is 2.26. The van der Waals surface area contributed by atoms with Crippen LogP contribution >= 0.6 is 12.4 Å². The van der Waals surface area contributed by atoms with Crippen molar-refractivity contribution in [3.63, 3.8) is 0 Å². The van der Waals surface area contributed by atoms with Gasteiger partial charge in [-0.05, 0) is 50.3 Å². The van der Waals surface area contributed by atoms with Crippen molar-refractivity contribution in [1.29, 1.82) is 0 Å². The van der Waals surface area contributed by atoms with E-state index < -0.39 is 0 Å². The second-order valence-corrected chi connectivity index (χ2v) is 6.80. The van der Waals surface area contributed by atoms with Crippen molar-refractivity contribution in [3.05, 3.63) is 29.8 Å². The van der Waals surface area contributed by atoms with Crippen LogP contribution in [-0.2, 0) is 11.2 Å². The van der Waals surface area contributed by atoms with Crippen molar-refractivity contribution in [3.8, 4) is 5.75 Å². The Labute approximate surface area is 151 Å². The fourth-order valence-corrected chi connectivity index (χ4v) is 3.35. The van der Waals surface area contributed by atoms with Crippen LogP contribution in [0.2, 0.25) is 0 Å². The minimum absolute atomic E-state index is 0. The van der Waals surface area contributed by atoms with Crippen LogP contribution in [0.15, 0.2) is 24.3 Å². The standard InChI is InChI=1S/C19H30N2O2.ClH/c1-14(2)23-17-10-6-7-15(11-17)12-19(22)21-18(13-20)16-8-4-3-5-9-16;/h6-7,10-11,14,16,18H,3-5,8-9,12-13,20H2,1-2H3,(H,21,22);1H. The van der Waals surface area contributed by atoms with Gasteiger partial charge in [0.2, 0.25) is 5.91 Å². The largest absolute Gasteiger partial charge is 0.491 e. The number of nitrogens with two attached hydrogens (primary N) is 1. The first-order chi connectivity index (χ1) is 11.1. The van der Waals surface area contributed by atoms with Gasteiger partial charge in [-0.3, -0.25) is 4.79 Å². The third kappa shape index (κ3) is 6.70. The molecule has 0 heterocycles. The summed E-state index contributed by atoms with van der Waals surface area (Å²) in [5.41, 5.74) is 6.86. The first-order valence-corrected chi connectivity index (χ1v) is 8.83. The highest BCUT2D eigenvalue weighted by atomic mass is 35.5. The molecule has 1 amide bonds. The van der Waals surface area contributed by atoms with Crippen LogP contribution in [0.5, 0.6) is 5.75 Å². The third-order valence-electron chi connectivity index (χ3n) is 4.45. The van der Waals surface area contributed by atoms with E-state index in [0.717, 1.165) is 11.3 Å². The fourth-order valence-electron chi connectivity index (χ4n) is 3.35. The Morgan fingerprint density at radius 3 is 2.62 bits per heavy atom. The summed E-state index contributed by atoms with van der Waals surface area (Å²) in [7, 11) is 0. The number of halogens is 1. The lowest BCUT2D eigenvalue weighted by atomic mass is 9.84. The maximum Gasteiger partial charge on any atom is 0.224 e. The number of carbonyl (C=O) groups is 1. The zero-order valence-corrected chi connectivity index (χ0v) is 15.6. The second-order valence-electron chi connectivity index (χ2n) is 6.80. The lowest BCUT2D eigenvalue weighted by molar-refractivity contribution is -0.121. The predicted molar refractivity (Wildman–Crippen MR) is 101 cm³/mol. The van der Waals surface area contributed by atoms with Crippen LogP contribution in [0.3, 0.4) is 0 Å². The summed E-state index contributed by atoms with van der Waals surface area (Å²) in [6, 6.07) is 7.87. The Morgan fingerprint density at radius 2 is 2.00 bits per heavy atom. The maximum absolute atomic E-state index is 12.4. The molecule has 0 spiro atoms. The van der Waals surface area contributed by atoms with Gasteiger partial charge in [-0.1, -0.05) is 31.4 Å². The van der Waals surface area contributed by atoms with E-state index in [1.165, 1.54) is 32.1 Å². The molecule has 0 bridgehead atoms. The van der Waals surface area contributed by atoms with Gasteiger partial charge in [0.15, 0.2) is 0 Å². The smallest absolute Gasteiger partial charge is 0.224 e. The average Bonchev–Trinajstić information content (AvgIpc) is 2.53. The average molecular weight is 355 g/mol. The summed E-state index contributed by atoms with van der Waals surface area (Å²) in [6.45, 7) is 4.51.